The minimum Gasteiger partial charge on any atom is -0.462 e. The van der Waals surface area contributed by atoms with Crippen molar-refractivity contribution >= 4 is 5.97 Å². The van der Waals surface area contributed by atoms with Gasteiger partial charge in [0.15, 0.2) is 0 Å². The first kappa shape index (κ1) is 18.7. The average molecular weight is 326 g/mol. The predicted molar refractivity (Wildman–Crippen MR) is 90.4 cm³/mol. The highest BCUT2D eigenvalue weighted by atomic mass is 16.5. The van der Waals surface area contributed by atoms with Crippen molar-refractivity contribution in [3.63, 3.8) is 0 Å². The van der Waals surface area contributed by atoms with Crippen molar-refractivity contribution in [2.75, 3.05) is 13.2 Å². The Morgan fingerprint density at radius 3 is 2.13 bits per heavy atom. The summed E-state index contributed by atoms with van der Waals surface area (Å²) in [5.41, 5.74) is 0. The highest BCUT2D eigenvalue weighted by Crippen LogP contribution is 2.23. The predicted octanol–water partition coefficient (Wildman–Crippen LogP) is 4.40. The van der Waals surface area contributed by atoms with Crippen LogP contribution in [-0.2, 0) is 19.0 Å². The summed E-state index contributed by atoms with van der Waals surface area (Å²) in [6.45, 7) is 3.93. The maximum absolute atomic E-state index is 12.0. The van der Waals surface area contributed by atoms with Gasteiger partial charge in [-0.15, -0.1) is 0 Å². The summed E-state index contributed by atoms with van der Waals surface area (Å²) in [6, 6.07) is 0. The van der Waals surface area contributed by atoms with Gasteiger partial charge in [-0.2, -0.15) is 0 Å². The van der Waals surface area contributed by atoms with Crippen molar-refractivity contribution in [2.45, 2.75) is 102 Å². The van der Waals surface area contributed by atoms with E-state index in [-0.39, 0.29) is 12.1 Å². The molecule has 0 N–H and O–H groups in total. The number of hydrogen-bond acceptors (Lipinski definition) is 4. The Kier molecular flexibility index (Phi) is 8.98. The van der Waals surface area contributed by atoms with Crippen LogP contribution in [0.4, 0.5) is 0 Å². The van der Waals surface area contributed by atoms with Crippen LogP contribution < -0.4 is 0 Å². The molecule has 0 aromatic heterocycles. The van der Waals surface area contributed by atoms with E-state index in [0.29, 0.717) is 18.6 Å². The number of carbonyl (C=O) groups excluding carboxylic acids is 1. The van der Waals surface area contributed by atoms with Crippen LogP contribution in [0.25, 0.3) is 0 Å². The van der Waals surface area contributed by atoms with Gasteiger partial charge in [0.1, 0.15) is 6.10 Å². The lowest BCUT2D eigenvalue weighted by atomic mass is 10.0. The lowest BCUT2D eigenvalue weighted by molar-refractivity contribution is -0.150. The Labute approximate surface area is 141 Å². The minimum atomic E-state index is -0.0249. The first-order valence-electron chi connectivity index (χ1n) is 9.70. The molecule has 2 aliphatic rings. The Morgan fingerprint density at radius 1 is 1.04 bits per heavy atom. The van der Waals surface area contributed by atoms with Crippen LogP contribution in [0.15, 0.2) is 0 Å². The second-order valence-corrected chi connectivity index (χ2v) is 6.99. The molecule has 0 radical (unpaired) electrons. The Hall–Kier alpha value is -0.610. The maximum atomic E-state index is 12.0. The van der Waals surface area contributed by atoms with Crippen molar-refractivity contribution in [2.24, 2.45) is 0 Å². The third-order valence-corrected chi connectivity index (χ3v) is 4.95. The Balaban J connectivity index is 1.70. The summed E-state index contributed by atoms with van der Waals surface area (Å²) >= 11 is 0. The highest BCUT2D eigenvalue weighted by Gasteiger charge is 2.23. The molecule has 0 bridgehead atoms. The van der Waals surface area contributed by atoms with Crippen molar-refractivity contribution in [1.82, 2.24) is 0 Å². The van der Waals surface area contributed by atoms with E-state index in [1.165, 1.54) is 12.8 Å². The van der Waals surface area contributed by atoms with E-state index in [1.807, 2.05) is 0 Å². The fourth-order valence-electron chi connectivity index (χ4n) is 3.51. The molecule has 2 aliphatic heterocycles. The van der Waals surface area contributed by atoms with Crippen LogP contribution in [-0.4, -0.2) is 37.5 Å². The minimum absolute atomic E-state index is 0.0249. The number of unbranched alkanes of at least 4 members (excludes halogenated alkanes) is 2. The molecule has 2 fully saturated rings. The average Bonchev–Trinajstić information content (AvgIpc) is 3.23. The van der Waals surface area contributed by atoms with Crippen molar-refractivity contribution < 1.29 is 19.0 Å². The van der Waals surface area contributed by atoms with Crippen LogP contribution in [0, 0.1) is 0 Å². The van der Waals surface area contributed by atoms with Gasteiger partial charge in [0.05, 0.1) is 12.2 Å². The number of rotatable bonds is 11. The first-order valence-corrected chi connectivity index (χ1v) is 9.70. The summed E-state index contributed by atoms with van der Waals surface area (Å²) in [5, 5.41) is 0. The van der Waals surface area contributed by atoms with E-state index in [9.17, 15) is 4.79 Å². The molecule has 2 rings (SSSR count). The van der Waals surface area contributed by atoms with Crippen LogP contribution in [0.5, 0.6) is 0 Å². The van der Waals surface area contributed by atoms with Crippen LogP contribution >= 0.6 is 0 Å². The van der Waals surface area contributed by atoms with Crippen molar-refractivity contribution in [3.05, 3.63) is 0 Å². The third kappa shape index (κ3) is 7.67. The SMILES string of the molecule is CCCCCC(=O)OC(CCC1CCCO1)CCC1CCCO1. The quantitative estimate of drug-likeness (QED) is 0.417. The number of ether oxygens (including phenoxy) is 3. The molecule has 4 nitrogen and oxygen atoms in total. The highest BCUT2D eigenvalue weighted by molar-refractivity contribution is 5.69. The number of esters is 1. The lowest BCUT2D eigenvalue weighted by Crippen LogP contribution is -2.22. The molecule has 0 aromatic rings. The molecule has 23 heavy (non-hydrogen) atoms. The van der Waals surface area contributed by atoms with Gasteiger partial charge in [0.2, 0.25) is 0 Å². The normalized spacial score (nSPS) is 25.6. The summed E-state index contributed by atoms with van der Waals surface area (Å²) in [6.07, 6.45) is 13.1. The van der Waals surface area contributed by atoms with E-state index in [2.05, 4.69) is 6.92 Å². The zero-order valence-corrected chi connectivity index (χ0v) is 14.8. The molecule has 134 valence electrons. The second kappa shape index (κ2) is 11.0. The Bertz CT molecular complexity index is 299. The third-order valence-electron chi connectivity index (χ3n) is 4.95. The fourth-order valence-corrected chi connectivity index (χ4v) is 3.51. The first-order chi connectivity index (χ1) is 11.3. The molecule has 2 unspecified atom stereocenters. The Morgan fingerprint density at radius 2 is 1.65 bits per heavy atom. The maximum Gasteiger partial charge on any atom is 0.306 e. The standard InChI is InChI=1S/C19H34O4/c1-2-3-4-9-19(20)23-18(12-10-16-7-5-14-21-16)13-11-17-8-6-15-22-17/h16-18H,2-15H2,1H3. The van der Waals surface area contributed by atoms with Gasteiger partial charge in [-0.25, -0.2) is 0 Å². The lowest BCUT2D eigenvalue weighted by Gasteiger charge is -2.21. The van der Waals surface area contributed by atoms with Gasteiger partial charge in [-0.1, -0.05) is 19.8 Å². The molecular formula is C19H34O4. The molecule has 2 heterocycles. The number of hydrogen-bond donors (Lipinski definition) is 0. The zero-order chi connectivity index (χ0) is 16.3. The van der Waals surface area contributed by atoms with Crippen LogP contribution in [0.1, 0.15) is 84.0 Å². The van der Waals surface area contributed by atoms with E-state index in [0.717, 1.165) is 71.0 Å². The summed E-state index contributed by atoms with van der Waals surface area (Å²) in [7, 11) is 0. The molecule has 0 saturated carbocycles. The summed E-state index contributed by atoms with van der Waals surface area (Å²) in [5.74, 6) is -0.0249. The van der Waals surface area contributed by atoms with Crippen LogP contribution in [0.2, 0.25) is 0 Å². The second-order valence-electron chi connectivity index (χ2n) is 6.99. The van der Waals surface area contributed by atoms with Gasteiger partial charge in [-0.05, 0) is 57.8 Å². The van der Waals surface area contributed by atoms with Crippen LogP contribution in [0.3, 0.4) is 0 Å². The molecule has 4 heteroatoms. The number of carbonyl (C=O) groups is 1. The monoisotopic (exact) mass is 326 g/mol. The van der Waals surface area contributed by atoms with E-state index < -0.39 is 0 Å². The van der Waals surface area contributed by atoms with Crippen molar-refractivity contribution in [3.8, 4) is 0 Å². The van der Waals surface area contributed by atoms with Gasteiger partial charge >= 0.3 is 5.97 Å². The van der Waals surface area contributed by atoms with Gasteiger partial charge in [0.25, 0.3) is 0 Å². The molecule has 0 aromatic carbocycles. The van der Waals surface area contributed by atoms with E-state index >= 15 is 0 Å². The van der Waals surface area contributed by atoms with E-state index in [4.69, 9.17) is 14.2 Å². The topological polar surface area (TPSA) is 44.8 Å². The smallest absolute Gasteiger partial charge is 0.306 e. The molecule has 2 saturated heterocycles. The van der Waals surface area contributed by atoms with Gasteiger partial charge < -0.3 is 14.2 Å². The molecule has 0 aliphatic carbocycles. The van der Waals surface area contributed by atoms with Crippen molar-refractivity contribution in [1.29, 1.82) is 0 Å². The molecule has 0 spiro atoms. The zero-order valence-electron chi connectivity index (χ0n) is 14.8. The largest absolute Gasteiger partial charge is 0.462 e. The summed E-state index contributed by atoms with van der Waals surface area (Å²) in [4.78, 5) is 12.0. The van der Waals surface area contributed by atoms with Gasteiger partial charge in [0, 0.05) is 19.6 Å². The molecule has 0 amide bonds. The summed E-state index contributed by atoms with van der Waals surface area (Å²) < 4.78 is 17.2. The fraction of sp³-hybridized carbons (Fsp3) is 0.947. The molecular weight excluding hydrogens is 292 g/mol. The van der Waals surface area contributed by atoms with Gasteiger partial charge in [-0.3, -0.25) is 4.79 Å². The van der Waals surface area contributed by atoms with E-state index in [1.54, 1.807) is 0 Å². The molecule has 2 atom stereocenters.